The second-order valence-corrected chi connectivity index (χ2v) is 19.5. The summed E-state index contributed by atoms with van der Waals surface area (Å²) in [6, 6.07) is 27.3. The number of nitrogens with zero attached hydrogens (tertiary/aromatic N) is 3. The molecule has 0 spiro atoms. The molecule has 4 amide bonds. The Labute approximate surface area is 429 Å². The van der Waals surface area contributed by atoms with E-state index in [2.05, 4.69) is 46.4 Å². The zero-order chi connectivity index (χ0) is 50.8. The number of pyridine rings is 1. The second-order valence-electron chi connectivity index (χ2n) is 16.3. The van der Waals surface area contributed by atoms with Crippen molar-refractivity contribution in [3.8, 4) is 22.3 Å². The Morgan fingerprint density at radius 1 is 0.757 bits per heavy atom. The normalized spacial score (nSPS) is 13.3. The SMILES string of the molecule is CC1(C)OB(c2ccc(NC(N)=O)cc2)OC1(C)C.CCOO.Fc1c(CBr)cc2scnc2c1-c1cccc(Cl)c1.NC(=O)Nc1ccc(Cc2cc3scnc3c(-c3cccc(Cl)c3)c2F)cn1. The Balaban J connectivity index is 0.000000170. The highest BCUT2D eigenvalue weighted by atomic mass is 79.9. The van der Waals surface area contributed by atoms with Crippen molar-refractivity contribution in [2.45, 2.75) is 57.6 Å². The molecule has 0 bridgehead atoms. The van der Waals surface area contributed by atoms with Crippen LogP contribution in [0.3, 0.4) is 0 Å². The smallest absolute Gasteiger partial charge is 0.399 e. The monoisotopic (exact) mass is 1090 g/mol. The summed E-state index contributed by atoms with van der Waals surface area (Å²) < 4.78 is 43.8. The molecular weight excluding hydrogens is 1050 g/mol. The third-order valence-electron chi connectivity index (χ3n) is 11.0. The maximum absolute atomic E-state index is 15.5. The molecule has 0 unspecified atom stereocenters. The molecule has 5 aromatic carbocycles. The summed E-state index contributed by atoms with van der Waals surface area (Å²) in [6.07, 6.45) is 1.93. The summed E-state index contributed by atoms with van der Waals surface area (Å²) in [5.74, 6) is -0.230. The van der Waals surface area contributed by atoms with Gasteiger partial charge in [0.15, 0.2) is 0 Å². The number of benzene rings is 5. The van der Waals surface area contributed by atoms with E-state index in [0.717, 1.165) is 26.0 Å². The number of nitrogens with two attached hydrogens (primary N) is 2. The topological polar surface area (TPSA) is 197 Å². The third-order valence-corrected chi connectivity index (χ3v) is 13.6. The van der Waals surface area contributed by atoms with Gasteiger partial charge in [-0.15, -0.1) is 22.7 Å². The molecule has 4 heterocycles. The number of hydrogen-bond acceptors (Lipinski definition) is 11. The zero-order valence-electron chi connectivity index (χ0n) is 38.4. The number of carbonyl (C=O) groups is 2. The van der Waals surface area contributed by atoms with Gasteiger partial charge in [-0.2, -0.15) is 0 Å². The van der Waals surface area contributed by atoms with E-state index in [1.54, 1.807) is 78.7 Å². The van der Waals surface area contributed by atoms with E-state index in [4.69, 9.17) is 49.2 Å². The van der Waals surface area contributed by atoms with Crippen LogP contribution in [0.25, 0.3) is 42.7 Å². The minimum absolute atomic E-state index is 0.238. The van der Waals surface area contributed by atoms with Crippen LogP contribution in [0.1, 0.15) is 51.3 Å². The Morgan fingerprint density at radius 2 is 1.26 bits per heavy atom. The molecule has 1 fully saturated rings. The van der Waals surface area contributed by atoms with E-state index in [1.807, 2.05) is 70.2 Å². The molecule has 13 nitrogen and oxygen atoms in total. The van der Waals surface area contributed by atoms with E-state index in [9.17, 15) is 14.0 Å². The van der Waals surface area contributed by atoms with Crippen molar-refractivity contribution in [3.63, 3.8) is 0 Å². The van der Waals surface area contributed by atoms with Gasteiger partial charge in [-0.3, -0.25) is 10.6 Å². The third kappa shape index (κ3) is 13.4. The van der Waals surface area contributed by atoms with Crippen LogP contribution >= 0.6 is 61.8 Å². The van der Waals surface area contributed by atoms with E-state index in [-0.39, 0.29) is 22.8 Å². The first-order chi connectivity index (χ1) is 33.3. The quantitative estimate of drug-likeness (QED) is 0.0404. The van der Waals surface area contributed by atoms with Crippen molar-refractivity contribution in [1.29, 1.82) is 0 Å². The fraction of sp³-hybridized carbons (Fsp3) is 0.204. The van der Waals surface area contributed by atoms with Crippen molar-refractivity contribution >= 4 is 118 Å². The lowest BCUT2D eigenvalue weighted by atomic mass is 9.79. The van der Waals surface area contributed by atoms with E-state index in [1.165, 1.54) is 22.7 Å². The van der Waals surface area contributed by atoms with Crippen molar-refractivity contribution in [2.75, 3.05) is 17.2 Å². The van der Waals surface area contributed by atoms with Crippen molar-refractivity contribution in [1.82, 2.24) is 15.0 Å². The fourth-order valence-corrected chi connectivity index (χ4v) is 9.18. The molecule has 21 heteroatoms. The number of alkyl halides is 1. The minimum atomic E-state index is -0.687. The first kappa shape index (κ1) is 53.7. The number of carbonyl (C=O) groups excluding carboxylic acids is 2. The van der Waals surface area contributed by atoms with Gasteiger partial charge < -0.3 is 26.1 Å². The van der Waals surface area contributed by atoms with Crippen LogP contribution in [0.5, 0.6) is 0 Å². The highest BCUT2D eigenvalue weighted by Gasteiger charge is 2.51. The summed E-state index contributed by atoms with van der Waals surface area (Å²) in [5.41, 5.74) is 20.1. The van der Waals surface area contributed by atoms with Gasteiger partial charge in [0.25, 0.3) is 0 Å². The molecule has 8 aromatic rings. The summed E-state index contributed by atoms with van der Waals surface area (Å²) in [5, 5.41) is 13.9. The Morgan fingerprint density at radius 3 is 1.70 bits per heavy atom. The molecule has 1 saturated heterocycles. The lowest BCUT2D eigenvalue weighted by molar-refractivity contribution is -0.237. The Kier molecular flexibility index (Phi) is 18.4. The predicted octanol–water partition coefficient (Wildman–Crippen LogP) is 12.9. The van der Waals surface area contributed by atoms with Gasteiger partial charge in [-0.25, -0.2) is 38.2 Å². The first-order valence-electron chi connectivity index (χ1n) is 21.3. The van der Waals surface area contributed by atoms with Gasteiger partial charge >= 0.3 is 19.2 Å². The number of anilines is 2. The maximum atomic E-state index is 15.5. The lowest BCUT2D eigenvalue weighted by Crippen LogP contribution is -2.41. The lowest BCUT2D eigenvalue weighted by Gasteiger charge is -2.32. The molecule has 7 N–H and O–H groups in total. The number of halogens is 5. The highest BCUT2D eigenvalue weighted by Crippen LogP contribution is 2.39. The predicted molar refractivity (Wildman–Crippen MR) is 283 cm³/mol. The molecule has 364 valence electrons. The van der Waals surface area contributed by atoms with E-state index < -0.39 is 19.2 Å². The largest absolute Gasteiger partial charge is 0.494 e. The van der Waals surface area contributed by atoms with Gasteiger partial charge in [0.05, 0.1) is 49.3 Å². The molecule has 9 rings (SSSR count). The number of primary amides is 2. The number of nitrogens with one attached hydrogen (secondary N) is 2. The molecule has 1 aliphatic heterocycles. The van der Waals surface area contributed by atoms with Crippen LogP contribution < -0.4 is 27.6 Å². The fourth-order valence-electron chi connectivity index (χ4n) is 6.90. The highest BCUT2D eigenvalue weighted by molar-refractivity contribution is 9.08. The summed E-state index contributed by atoms with van der Waals surface area (Å²) in [4.78, 5) is 37.9. The molecule has 0 saturated carbocycles. The Hall–Kier alpha value is -5.61. The number of aromatic nitrogens is 3. The van der Waals surface area contributed by atoms with Crippen LogP contribution in [0.15, 0.2) is 114 Å². The van der Waals surface area contributed by atoms with Gasteiger partial charge in [0.2, 0.25) is 0 Å². The standard InChI is InChI=1S/C20H14ClFN4OS.C14H8BrClFNS.C13H19BN2O3.C2H6O2/c21-14-3-1-2-12(7-14)17-18(22)13(8-15-19(17)25-10-28-15)6-11-4-5-16(24-9-11)26-20(23)27;15-6-9-5-11-14(18-7-19-11)12(13(9)17)8-2-1-3-10(16)4-8;1-12(2)13(3,4)19-14(18-12)9-5-7-10(8-6-9)16-11(15)17;1-2-4-3/h1-5,7-10H,6H2,(H3,23,24,26,27);1-5,7H,6H2;5-8H,1-4H3,(H3,15,16,17);3H,2H2,1H3. The van der Waals surface area contributed by atoms with Gasteiger partial charge in [-0.1, -0.05) is 81.6 Å². The molecule has 0 aliphatic carbocycles. The number of urea groups is 2. The van der Waals surface area contributed by atoms with Crippen molar-refractivity contribution < 1.29 is 37.8 Å². The molecule has 1 aliphatic rings. The van der Waals surface area contributed by atoms with Crippen LogP contribution in [0.4, 0.5) is 29.9 Å². The average Bonchev–Trinajstić information content (AvgIpc) is 4.04. The Bertz CT molecular complexity index is 3080. The van der Waals surface area contributed by atoms with Crippen LogP contribution in [-0.2, 0) is 25.9 Å². The first-order valence-corrected chi connectivity index (χ1v) is 24.9. The minimum Gasteiger partial charge on any atom is -0.399 e. The summed E-state index contributed by atoms with van der Waals surface area (Å²) in [7, 11) is -0.396. The molecule has 0 radical (unpaired) electrons. The maximum Gasteiger partial charge on any atom is 0.494 e. The van der Waals surface area contributed by atoms with Crippen LogP contribution in [-0.4, -0.2) is 57.2 Å². The summed E-state index contributed by atoms with van der Waals surface area (Å²) in [6.45, 7) is 10.1. The van der Waals surface area contributed by atoms with Gasteiger partial charge in [0, 0.05) is 50.4 Å². The second kappa shape index (κ2) is 24.0. The van der Waals surface area contributed by atoms with Crippen LogP contribution in [0, 0.1) is 11.6 Å². The zero-order valence-corrected chi connectivity index (χ0v) is 43.1. The van der Waals surface area contributed by atoms with Crippen LogP contribution in [0.2, 0.25) is 10.0 Å². The number of hydrogen-bond donors (Lipinski definition) is 5. The molecule has 70 heavy (non-hydrogen) atoms. The van der Waals surface area contributed by atoms with E-state index in [0.29, 0.717) is 78.8 Å². The molecule has 0 atom stereocenters. The summed E-state index contributed by atoms with van der Waals surface area (Å²) >= 11 is 18.4. The van der Waals surface area contributed by atoms with Crippen molar-refractivity contribution in [2.24, 2.45) is 11.5 Å². The molecule has 3 aromatic heterocycles. The van der Waals surface area contributed by atoms with E-state index >= 15 is 4.39 Å². The molecular formula is C49H47BBrCl2F2N7O6S2. The number of rotatable bonds is 9. The average molecular weight is 1090 g/mol. The number of amides is 4. The van der Waals surface area contributed by atoms with Crippen molar-refractivity contribution in [3.05, 3.63) is 153 Å². The van der Waals surface area contributed by atoms with Gasteiger partial charge in [0.1, 0.15) is 17.5 Å². The number of thiazole rings is 2. The number of fused-ring (bicyclic) bond motifs is 2. The van der Waals surface area contributed by atoms with Gasteiger partial charge in [-0.05, 0) is 117 Å².